The van der Waals surface area contributed by atoms with Crippen LogP contribution in [0.2, 0.25) is 0 Å². The third-order valence-electron chi connectivity index (χ3n) is 4.66. The van der Waals surface area contributed by atoms with Crippen molar-refractivity contribution in [2.45, 2.75) is 36.8 Å². The normalized spacial score (nSPS) is 17.9. The second-order valence-corrected chi connectivity index (χ2v) is 9.57. The Bertz CT molecular complexity index is 1100. The molecule has 1 heterocycles. The predicted octanol–water partition coefficient (Wildman–Crippen LogP) is 3.43. The number of aryl methyl sites for hydroxylation is 1. The van der Waals surface area contributed by atoms with Gasteiger partial charge in [0.2, 0.25) is 11.8 Å². The van der Waals surface area contributed by atoms with Crippen LogP contribution in [0.4, 0.5) is 10.1 Å². The van der Waals surface area contributed by atoms with Crippen LogP contribution in [-0.4, -0.2) is 42.1 Å². The molecule has 1 aliphatic rings. The average molecular weight is 464 g/mol. The summed E-state index contributed by atoms with van der Waals surface area (Å²) in [7, 11) is -4.00. The number of sulfonamides is 1. The van der Waals surface area contributed by atoms with Crippen LogP contribution in [-0.2, 0) is 26.0 Å². The van der Waals surface area contributed by atoms with Crippen LogP contribution >= 0.6 is 11.8 Å². The van der Waals surface area contributed by atoms with Crippen molar-refractivity contribution in [1.29, 1.82) is 0 Å². The van der Waals surface area contributed by atoms with Gasteiger partial charge in [-0.15, -0.1) is 4.40 Å². The van der Waals surface area contributed by atoms with Crippen LogP contribution in [0.25, 0.3) is 0 Å². The van der Waals surface area contributed by atoms with Gasteiger partial charge in [0, 0.05) is 18.7 Å². The molecule has 0 aliphatic carbocycles. The zero-order valence-electron chi connectivity index (χ0n) is 17.0. The smallest absolute Gasteiger partial charge is 0.284 e. The third kappa shape index (κ3) is 5.50. The summed E-state index contributed by atoms with van der Waals surface area (Å²) in [4.78, 5) is 26.3. The van der Waals surface area contributed by atoms with Crippen molar-refractivity contribution in [2.75, 3.05) is 11.9 Å². The number of rotatable bonds is 7. The average Bonchev–Trinajstić information content (AvgIpc) is 3.02. The lowest BCUT2D eigenvalue weighted by Gasteiger charge is -2.13. The minimum absolute atomic E-state index is 0.0406. The highest BCUT2D eigenvalue weighted by Gasteiger charge is 2.39. The van der Waals surface area contributed by atoms with E-state index in [1.165, 1.54) is 41.3 Å². The van der Waals surface area contributed by atoms with Gasteiger partial charge >= 0.3 is 0 Å². The van der Waals surface area contributed by atoms with Crippen LogP contribution < -0.4 is 5.32 Å². The number of amidine groups is 1. The Labute approximate surface area is 184 Å². The maximum Gasteiger partial charge on any atom is 0.284 e. The molecule has 1 fully saturated rings. The molecule has 1 aliphatic heterocycles. The van der Waals surface area contributed by atoms with Crippen molar-refractivity contribution < 1.29 is 22.4 Å². The fraction of sp³-hybridized carbons (Fsp3) is 0.286. The fourth-order valence-electron chi connectivity index (χ4n) is 2.97. The van der Waals surface area contributed by atoms with Gasteiger partial charge in [-0.1, -0.05) is 30.8 Å². The van der Waals surface area contributed by atoms with Gasteiger partial charge < -0.3 is 5.32 Å². The van der Waals surface area contributed by atoms with Gasteiger partial charge in [-0.05, 0) is 55.3 Å². The number of anilines is 1. The summed E-state index contributed by atoms with van der Waals surface area (Å²) in [6.07, 6.45) is 0.617. The lowest BCUT2D eigenvalue weighted by molar-refractivity contribution is -0.128. The monoisotopic (exact) mass is 463 g/mol. The Morgan fingerprint density at radius 1 is 1.13 bits per heavy atom. The SMILES string of the molecule is CCc1ccc(S(=O)(=O)N=C2S[C@H](CC(=O)Nc3ccc(F)cc3)C(=O)N2CC)cc1. The summed E-state index contributed by atoms with van der Waals surface area (Å²) in [6.45, 7) is 3.90. The predicted molar refractivity (Wildman–Crippen MR) is 119 cm³/mol. The van der Waals surface area contributed by atoms with Gasteiger partial charge in [-0.25, -0.2) is 4.39 Å². The van der Waals surface area contributed by atoms with Crippen molar-refractivity contribution in [3.63, 3.8) is 0 Å². The van der Waals surface area contributed by atoms with Crippen LogP contribution in [0, 0.1) is 5.82 Å². The molecule has 1 N–H and O–H groups in total. The Balaban J connectivity index is 1.75. The van der Waals surface area contributed by atoms with Crippen LogP contribution in [0.5, 0.6) is 0 Å². The molecular formula is C21H22FN3O4S2. The van der Waals surface area contributed by atoms with E-state index >= 15 is 0 Å². The van der Waals surface area contributed by atoms with Gasteiger partial charge in [-0.2, -0.15) is 8.42 Å². The number of thioether (sulfide) groups is 1. The number of benzene rings is 2. The van der Waals surface area contributed by atoms with E-state index in [-0.39, 0.29) is 28.9 Å². The van der Waals surface area contributed by atoms with E-state index in [4.69, 9.17) is 0 Å². The molecule has 31 heavy (non-hydrogen) atoms. The number of halogens is 1. The molecule has 2 amide bonds. The molecule has 0 spiro atoms. The van der Waals surface area contributed by atoms with E-state index in [2.05, 4.69) is 9.71 Å². The lowest BCUT2D eigenvalue weighted by atomic mass is 10.2. The maximum atomic E-state index is 13.0. The molecule has 164 valence electrons. The van der Waals surface area contributed by atoms with E-state index in [0.717, 1.165) is 23.7 Å². The maximum absolute atomic E-state index is 13.0. The second kappa shape index (κ2) is 9.61. The molecule has 7 nitrogen and oxygen atoms in total. The molecule has 10 heteroatoms. The highest BCUT2D eigenvalue weighted by Crippen LogP contribution is 2.31. The number of nitrogens with zero attached hydrogens (tertiary/aromatic N) is 2. The van der Waals surface area contributed by atoms with Gasteiger partial charge in [0.25, 0.3) is 10.0 Å². The summed E-state index contributed by atoms with van der Waals surface area (Å²) < 4.78 is 42.3. The van der Waals surface area contributed by atoms with Gasteiger partial charge in [-0.3, -0.25) is 14.5 Å². The van der Waals surface area contributed by atoms with Gasteiger partial charge in [0.15, 0.2) is 5.17 Å². The van der Waals surface area contributed by atoms with E-state index in [1.807, 2.05) is 6.92 Å². The van der Waals surface area contributed by atoms with E-state index < -0.39 is 27.0 Å². The summed E-state index contributed by atoms with van der Waals surface area (Å²) in [5.41, 5.74) is 1.40. The molecule has 0 aromatic heterocycles. The first-order valence-corrected chi connectivity index (χ1v) is 12.0. The molecule has 3 rings (SSSR count). The number of hydrogen-bond donors (Lipinski definition) is 1. The van der Waals surface area contributed by atoms with Crippen molar-refractivity contribution >= 4 is 44.5 Å². The second-order valence-electron chi connectivity index (χ2n) is 6.79. The minimum atomic E-state index is -4.00. The van der Waals surface area contributed by atoms with Crippen molar-refractivity contribution in [3.8, 4) is 0 Å². The van der Waals surface area contributed by atoms with Gasteiger partial charge in [0.1, 0.15) is 11.1 Å². The first kappa shape index (κ1) is 23.0. The molecule has 1 atom stereocenters. The molecule has 0 bridgehead atoms. The number of carbonyl (C=O) groups excluding carboxylic acids is 2. The zero-order valence-corrected chi connectivity index (χ0v) is 18.7. The molecule has 0 radical (unpaired) electrons. The molecule has 0 saturated carbocycles. The van der Waals surface area contributed by atoms with Crippen molar-refractivity contribution in [2.24, 2.45) is 4.40 Å². The number of hydrogen-bond acceptors (Lipinski definition) is 5. The van der Waals surface area contributed by atoms with Gasteiger partial charge in [0.05, 0.1) is 4.90 Å². The van der Waals surface area contributed by atoms with E-state index in [9.17, 15) is 22.4 Å². The van der Waals surface area contributed by atoms with E-state index in [0.29, 0.717) is 5.69 Å². The molecule has 2 aromatic rings. The summed E-state index contributed by atoms with van der Waals surface area (Å²) in [6, 6.07) is 11.7. The third-order valence-corrected chi connectivity index (χ3v) is 7.23. The zero-order chi connectivity index (χ0) is 22.6. The Kier molecular flexibility index (Phi) is 7.11. The highest BCUT2D eigenvalue weighted by molar-refractivity contribution is 8.16. The molecular weight excluding hydrogens is 441 g/mol. The molecule has 1 saturated heterocycles. The number of carbonyl (C=O) groups is 2. The first-order chi connectivity index (χ1) is 14.7. The van der Waals surface area contributed by atoms with E-state index in [1.54, 1.807) is 19.1 Å². The van der Waals surface area contributed by atoms with Crippen LogP contribution in [0.1, 0.15) is 25.8 Å². The number of amides is 2. The Morgan fingerprint density at radius 2 is 1.77 bits per heavy atom. The molecule has 2 aromatic carbocycles. The summed E-state index contributed by atoms with van der Waals surface area (Å²) in [5.74, 6) is -1.24. The van der Waals surface area contributed by atoms with Crippen LogP contribution in [0.15, 0.2) is 57.8 Å². The summed E-state index contributed by atoms with van der Waals surface area (Å²) >= 11 is 0.948. The summed E-state index contributed by atoms with van der Waals surface area (Å²) in [5, 5.41) is 1.85. The molecule has 0 unspecified atom stereocenters. The first-order valence-electron chi connectivity index (χ1n) is 9.71. The highest BCUT2D eigenvalue weighted by atomic mass is 32.2. The minimum Gasteiger partial charge on any atom is -0.326 e. The number of nitrogens with one attached hydrogen (secondary N) is 1. The van der Waals surface area contributed by atoms with Crippen molar-refractivity contribution in [1.82, 2.24) is 4.90 Å². The standard InChI is InChI=1S/C21H22FN3O4S2/c1-3-14-5-11-17(12-6-14)31(28,29)24-21-25(4-2)20(27)18(30-21)13-19(26)23-16-9-7-15(22)8-10-16/h5-12,18H,3-4,13H2,1-2H3,(H,23,26)/t18-/m1/s1. The topological polar surface area (TPSA) is 95.9 Å². The largest absolute Gasteiger partial charge is 0.326 e. The fourth-order valence-corrected chi connectivity index (χ4v) is 5.39. The Hall–Kier alpha value is -2.72. The van der Waals surface area contributed by atoms with Crippen molar-refractivity contribution in [3.05, 3.63) is 59.9 Å². The van der Waals surface area contributed by atoms with Crippen LogP contribution in [0.3, 0.4) is 0 Å². The lowest BCUT2D eigenvalue weighted by Crippen LogP contribution is -2.33. The quantitative estimate of drug-likeness (QED) is 0.679. The Morgan fingerprint density at radius 3 is 2.35 bits per heavy atom.